The largest absolute Gasteiger partial charge is 0.496 e. The van der Waals surface area contributed by atoms with E-state index in [4.69, 9.17) is 9.47 Å². The van der Waals surface area contributed by atoms with Gasteiger partial charge < -0.3 is 24.6 Å². The molecule has 3 rings (SSSR count). The number of methoxy groups -OCH3 is 1. The van der Waals surface area contributed by atoms with Gasteiger partial charge in [0.05, 0.1) is 19.2 Å². The summed E-state index contributed by atoms with van der Waals surface area (Å²) in [7, 11) is 1.54. The maximum absolute atomic E-state index is 13.2. The Balaban J connectivity index is 1.71. The zero-order chi connectivity index (χ0) is 23.3. The molecule has 1 aliphatic rings. The van der Waals surface area contributed by atoms with Crippen LogP contribution in [-0.2, 0) is 9.53 Å². The number of hydrogen-bond acceptors (Lipinski definition) is 6. The third kappa shape index (κ3) is 5.09. The first-order valence-corrected chi connectivity index (χ1v) is 10.8. The number of aromatic nitrogens is 1. The van der Waals surface area contributed by atoms with Crippen LogP contribution in [0.5, 0.6) is 5.75 Å². The molecule has 1 saturated heterocycles. The van der Waals surface area contributed by atoms with Gasteiger partial charge in [-0.25, -0.2) is 9.78 Å². The second kappa shape index (κ2) is 10.3. The molecule has 1 atom stereocenters. The van der Waals surface area contributed by atoms with Crippen molar-refractivity contribution in [3.63, 3.8) is 0 Å². The molecule has 9 nitrogen and oxygen atoms in total. The summed E-state index contributed by atoms with van der Waals surface area (Å²) in [5.41, 5.74) is 0.825. The van der Waals surface area contributed by atoms with E-state index in [-0.39, 0.29) is 23.6 Å². The number of nitrogens with zero attached hydrogens (tertiary/aromatic N) is 3. The van der Waals surface area contributed by atoms with Gasteiger partial charge in [-0.05, 0) is 25.0 Å². The van der Waals surface area contributed by atoms with Crippen LogP contribution < -0.4 is 10.1 Å². The Labute approximate surface area is 187 Å². The highest BCUT2D eigenvalue weighted by molar-refractivity contribution is 5.99. The molecule has 0 aliphatic carbocycles. The van der Waals surface area contributed by atoms with Crippen LogP contribution in [0.15, 0.2) is 30.3 Å². The van der Waals surface area contributed by atoms with Crippen molar-refractivity contribution in [2.24, 2.45) is 5.92 Å². The fraction of sp³-hybridized carbons (Fsp3) is 0.478. The van der Waals surface area contributed by atoms with Crippen molar-refractivity contribution in [3.05, 3.63) is 36.0 Å². The Morgan fingerprint density at radius 3 is 2.38 bits per heavy atom. The fourth-order valence-corrected chi connectivity index (χ4v) is 3.68. The summed E-state index contributed by atoms with van der Waals surface area (Å²) in [5.74, 6) is -0.198. The maximum Gasteiger partial charge on any atom is 0.409 e. The summed E-state index contributed by atoms with van der Waals surface area (Å²) in [5, 5.41) is 3.65. The van der Waals surface area contributed by atoms with Gasteiger partial charge >= 0.3 is 6.09 Å². The van der Waals surface area contributed by atoms with E-state index >= 15 is 0 Å². The summed E-state index contributed by atoms with van der Waals surface area (Å²) in [6.45, 7) is 7.40. The number of carbonyl (C=O) groups excluding carboxylic acids is 3. The lowest BCUT2D eigenvalue weighted by molar-refractivity contribution is -0.135. The predicted molar refractivity (Wildman–Crippen MR) is 120 cm³/mol. The van der Waals surface area contributed by atoms with Crippen LogP contribution in [0.3, 0.4) is 0 Å². The third-order valence-corrected chi connectivity index (χ3v) is 5.47. The fourth-order valence-electron chi connectivity index (χ4n) is 3.68. The molecule has 32 heavy (non-hydrogen) atoms. The van der Waals surface area contributed by atoms with Crippen LogP contribution in [-0.4, -0.2) is 78.6 Å². The summed E-state index contributed by atoms with van der Waals surface area (Å²) in [6, 6.07) is 8.27. The monoisotopic (exact) mass is 442 g/mol. The molecule has 1 N–H and O–H groups in total. The average molecular weight is 443 g/mol. The SMILES string of the molecule is CCOC(=O)N1CCN(C(=O)[C@@H](NC(=O)c2cc(OC)c3ccccc3n2)C(C)C)CC1. The van der Waals surface area contributed by atoms with Crippen molar-refractivity contribution in [2.45, 2.75) is 26.8 Å². The molecular formula is C23H30N4O5. The van der Waals surface area contributed by atoms with Gasteiger partial charge in [0.2, 0.25) is 5.91 Å². The number of hydrogen-bond donors (Lipinski definition) is 1. The number of rotatable bonds is 6. The van der Waals surface area contributed by atoms with Gasteiger partial charge in [0.25, 0.3) is 5.91 Å². The lowest BCUT2D eigenvalue weighted by Crippen LogP contribution is -2.57. The molecule has 9 heteroatoms. The van der Waals surface area contributed by atoms with Gasteiger partial charge in [-0.1, -0.05) is 26.0 Å². The minimum atomic E-state index is -0.712. The molecule has 0 unspecified atom stereocenters. The van der Waals surface area contributed by atoms with E-state index in [2.05, 4.69) is 10.3 Å². The second-order valence-corrected chi connectivity index (χ2v) is 7.93. The van der Waals surface area contributed by atoms with Gasteiger partial charge in [0, 0.05) is 37.6 Å². The second-order valence-electron chi connectivity index (χ2n) is 7.93. The third-order valence-electron chi connectivity index (χ3n) is 5.47. The molecule has 0 spiro atoms. The molecule has 2 aromatic rings. The molecule has 2 heterocycles. The van der Waals surface area contributed by atoms with Crippen molar-refractivity contribution in [3.8, 4) is 5.75 Å². The van der Waals surface area contributed by atoms with Crippen LogP contribution >= 0.6 is 0 Å². The van der Waals surface area contributed by atoms with Crippen LogP contribution in [0.1, 0.15) is 31.3 Å². The zero-order valence-corrected chi connectivity index (χ0v) is 19.0. The number of pyridine rings is 1. The first-order valence-electron chi connectivity index (χ1n) is 10.8. The maximum atomic E-state index is 13.2. The quantitative estimate of drug-likeness (QED) is 0.737. The molecule has 3 amide bonds. The van der Waals surface area contributed by atoms with Crippen molar-refractivity contribution in [1.82, 2.24) is 20.1 Å². The molecule has 0 saturated carbocycles. The van der Waals surface area contributed by atoms with E-state index < -0.39 is 11.9 Å². The van der Waals surface area contributed by atoms with E-state index in [0.717, 1.165) is 5.39 Å². The molecule has 1 aliphatic heterocycles. The summed E-state index contributed by atoms with van der Waals surface area (Å²) < 4.78 is 10.4. The first-order chi connectivity index (χ1) is 15.3. The highest BCUT2D eigenvalue weighted by atomic mass is 16.6. The molecule has 172 valence electrons. The van der Waals surface area contributed by atoms with Crippen molar-refractivity contribution < 1.29 is 23.9 Å². The average Bonchev–Trinajstić information content (AvgIpc) is 2.81. The number of fused-ring (bicyclic) bond motifs is 1. The molecular weight excluding hydrogens is 412 g/mol. The lowest BCUT2D eigenvalue weighted by Gasteiger charge is -2.36. The van der Waals surface area contributed by atoms with Gasteiger partial charge in [0.15, 0.2) is 0 Å². The minimum Gasteiger partial charge on any atom is -0.496 e. The summed E-state index contributed by atoms with van der Waals surface area (Å²) in [4.78, 5) is 45.8. The number of amides is 3. The number of benzene rings is 1. The van der Waals surface area contributed by atoms with Crippen LogP contribution in [0.25, 0.3) is 10.9 Å². The van der Waals surface area contributed by atoms with E-state index in [9.17, 15) is 14.4 Å². The highest BCUT2D eigenvalue weighted by Crippen LogP contribution is 2.25. The molecule has 0 radical (unpaired) electrons. The van der Waals surface area contributed by atoms with Crippen LogP contribution in [0.4, 0.5) is 4.79 Å². The number of ether oxygens (including phenoxy) is 2. The van der Waals surface area contributed by atoms with Gasteiger partial charge in [0.1, 0.15) is 17.5 Å². The zero-order valence-electron chi connectivity index (χ0n) is 19.0. The molecule has 0 bridgehead atoms. The van der Waals surface area contributed by atoms with Crippen molar-refractivity contribution in [1.29, 1.82) is 0 Å². The number of para-hydroxylation sites is 1. The van der Waals surface area contributed by atoms with Gasteiger partial charge in [-0.15, -0.1) is 0 Å². The van der Waals surface area contributed by atoms with Gasteiger partial charge in [-0.2, -0.15) is 0 Å². The highest BCUT2D eigenvalue weighted by Gasteiger charge is 2.32. The molecule has 1 aromatic carbocycles. The smallest absolute Gasteiger partial charge is 0.409 e. The van der Waals surface area contributed by atoms with Crippen LogP contribution in [0, 0.1) is 5.92 Å². The number of carbonyl (C=O) groups is 3. The van der Waals surface area contributed by atoms with E-state index in [1.165, 1.54) is 0 Å². The number of piperazine rings is 1. The minimum absolute atomic E-state index is 0.128. The standard InChI is InChI=1S/C23H30N4O5/c1-5-32-23(30)27-12-10-26(11-13-27)22(29)20(15(2)3)25-21(28)18-14-19(31-4)16-8-6-7-9-17(16)24-18/h6-9,14-15,20H,5,10-13H2,1-4H3,(H,25,28)/t20-/m0/s1. The topological polar surface area (TPSA) is 101 Å². The first kappa shape index (κ1) is 23.3. The van der Waals surface area contributed by atoms with Crippen LogP contribution in [0.2, 0.25) is 0 Å². The normalized spacial score (nSPS) is 14.9. The Kier molecular flexibility index (Phi) is 7.50. The van der Waals surface area contributed by atoms with Gasteiger partial charge in [-0.3, -0.25) is 9.59 Å². The lowest BCUT2D eigenvalue weighted by atomic mass is 10.0. The number of nitrogens with one attached hydrogen (secondary N) is 1. The predicted octanol–water partition coefficient (Wildman–Crippen LogP) is 2.30. The Bertz CT molecular complexity index is 986. The Morgan fingerprint density at radius 1 is 1.09 bits per heavy atom. The summed E-state index contributed by atoms with van der Waals surface area (Å²) in [6.07, 6.45) is -0.371. The Hall–Kier alpha value is -3.36. The summed E-state index contributed by atoms with van der Waals surface area (Å²) >= 11 is 0. The van der Waals surface area contributed by atoms with Crippen molar-refractivity contribution in [2.75, 3.05) is 39.9 Å². The van der Waals surface area contributed by atoms with E-state index in [1.807, 2.05) is 38.1 Å². The van der Waals surface area contributed by atoms with Crippen molar-refractivity contribution >= 4 is 28.8 Å². The van der Waals surface area contributed by atoms with E-state index in [0.29, 0.717) is 44.1 Å². The Morgan fingerprint density at radius 2 is 1.75 bits per heavy atom. The molecule has 1 fully saturated rings. The molecule has 1 aromatic heterocycles. The van der Waals surface area contributed by atoms with E-state index in [1.54, 1.807) is 29.9 Å².